The number of hydrogen-bond acceptors (Lipinski definition) is 4. The largest absolute Gasteiger partial charge is 0.385 e. The fourth-order valence-corrected chi connectivity index (χ4v) is 2.83. The number of piperidine rings is 1. The number of likely N-dealkylation sites (tertiary alicyclic amines) is 1. The summed E-state index contributed by atoms with van der Waals surface area (Å²) in [5.74, 6) is -1.09. The first-order valence-electron chi connectivity index (χ1n) is 8.53. The fourth-order valence-electron chi connectivity index (χ4n) is 2.83. The highest BCUT2D eigenvalue weighted by Gasteiger charge is 2.23. The van der Waals surface area contributed by atoms with Crippen molar-refractivity contribution in [3.63, 3.8) is 0 Å². The number of amides is 2. The summed E-state index contributed by atoms with van der Waals surface area (Å²) in [6, 6.07) is 10.4. The van der Waals surface area contributed by atoms with Crippen molar-refractivity contribution < 1.29 is 14.3 Å². The highest BCUT2D eigenvalue weighted by molar-refractivity contribution is 6.35. The van der Waals surface area contributed by atoms with Gasteiger partial charge in [0.15, 0.2) is 0 Å². The molecule has 1 aromatic rings. The van der Waals surface area contributed by atoms with Gasteiger partial charge in [0.2, 0.25) is 0 Å². The van der Waals surface area contributed by atoms with Crippen LogP contribution in [0.4, 0.5) is 0 Å². The van der Waals surface area contributed by atoms with Crippen LogP contribution >= 0.6 is 0 Å². The average Bonchev–Trinajstić information content (AvgIpc) is 2.61. The third-order valence-electron chi connectivity index (χ3n) is 4.19. The molecule has 2 rings (SSSR count). The van der Waals surface area contributed by atoms with Crippen molar-refractivity contribution in [2.75, 3.05) is 33.4 Å². The van der Waals surface area contributed by atoms with Gasteiger partial charge >= 0.3 is 11.8 Å². The predicted molar refractivity (Wildman–Crippen MR) is 92.4 cm³/mol. The van der Waals surface area contributed by atoms with E-state index in [2.05, 4.69) is 27.7 Å². The van der Waals surface area contributed by atoms with Gasteiger partial charge in [-0.25, -0.2) is 0 Å². The van der Waals surface area contributed by atoms with Crippen molar-refractivity contribution in [3.8, 4) is 0 Å². The van der Waals surface area contributed by atoms with E-state index in [4.69, 9.17) is 4.74 Å². The molecule has 0 radical (unpaired) electrons. The van der Waals surface area contributed by atoms with Gasteiger partial charge in [-0.15, -0.1) is 0 Å². The standard InChI is InChI=1S/C18H27N3O3/c1-24-13-5-10-19-17(22)18(23)20-16-8-11-21(12-9-16)14-15-6-3-2-4-7-15/h2-4,6-7,16H,5,8-14H2,1H3,(H,19,22)(H,20,23). The van der Waals surface area contributed by atoms with Gasteiger partial charge in [-0.05, 0) is 24.8 Å². The number of carbonyl (C=O) groups excluding carboxylic acids is 2. The molecule has 1 aromatic carbocycles. The Morgan fingerprint density at radius 1 is 1.17 bits per heavy atom. The first-order chi connectivity index (χ1) is 11.7. The van der Waals surface area contributed by atoms with E-state index in [1.807, 2.05) is 18.2 Å². The molecule has 2 N–H and O–H groups in total. The van der Waals surface area contributed by atoms with Crippen LogP contribution in [0.1, 0.15) is 24.8 Å². The molecule has 1 fully saturated rings. The van der Waals surface area contributed by atoms with Gasteiger partial charge in [-0.3, -0.25) is 14.5 Å². The Kier molecular flexibility index (Phi) is 7.71. The molecule has 1 saturated heterocycles. The lowest BCUT2D eigenvalue weighted by Gasteiger charge is -2.32. The zero-order valence-corrected chi connectivity index (χ0v) is 14.3. The van der Waals surface area contributed by atoms with E-state index in [-0.39, 0.29) is 6.04 Å². The summed E-state index contributed by atoms with van der Waals surface area (Å²) in [6.45, 7) is 3.81. The number of methoxy groups -OCH3 is 1. The van der Waals surface area contributed by atoms with E-state index in [9.17, 15) is 9.59 Å². The highest BCUT2D eigenvalue weighted by atomic mass is 16.5. The molecule has 0 aliphatic carbocycles. The van der Waals surface area contributed by atoms with E-state index in [0.29, 0.717) is 19.6 Å². The van der Waals surface area contributed by atoms with Gasteiger partial charge in [0, 0.05) is 45.9 Å². The Bertz CT molecular complexity index is 514. The molecule has 6 nitrogen and oxygen atoms in total. The minimum absolute atomic E-state index is 0.0780. The van der Waals surface area contributed by atoms with Gasteiger partial charge in [-0.1, -0.05) is 30.3 Å². The van der Waals surface area contributed by atoms with E-state index >= 15 is 0 Å². The van der Waals surface area contributed by atoms with Gasteiger partial charge in [-0.2, -0.15) is 0 Å². The second kappa shape index (κ2) is 10.1. The highest BCUT2D eigenvalue weighted by Crippen LogP contribution is 2.13. The van der Waals surface area contributed by atoms with Crippen molar-refractivity contribution in [1.29, 1.82) is 0 Å². The molecule has 6 heteroatoms. The maximum absolute atomic E-state index is 11.9. The van der Waals surface area contributed by atoms with Crippen LogP contribution in [0.5, 0.6) is 0 Å². The first-order valence-corrected chi connectivity index (χ1v) is 8.53. The minimum Gasteiger partial charge on any atom is -0.385 e. The molecule has 0 bridgehead atoms. The van der Waals surface area contributed by atoms with Gasteiger partial charge in [0.1, 0.15) is 0 Å². The lowest BCUT2D eigenvalue weighted by atomic mass is 10.0. The summed E-state index contributed by atoms with van der Waals surface area (Å²) >= 11 is 0. The van der Waals surface area contributed by atoms with Crippen LogP contribution in [0, 0.1) is 0 Å². The summed E-state index contributed by atoms with van der Waals surface area (Å²) < 4.78 is 4.90. The molecule has 1 aliphatic rings. The summed E-state index contributed by atoms with van der Waals surface area (Å²) in [4.78, 5) is 26.0. The van der Waals surface area contributed by atoms with Crippen LogP contribution in [0.3, 0.4) is 0 Å². The summed E-state index contributed by atoms with van der Waals surface area (Å²) in [7, 11) is 1.61. The van der Waals surface area contributed by atoms with Crippen molar-refractivity contribution in [1.82, 2.24) is 15.5 Å². The molecule has 0 aromatic heterocycles. The monoisotopic (exact) mass is 333 g/mol. The topological polar surface area (TPSA) is 70.7 Å². The van der Waals surface area contributed by atoms with Crippen LogP contribution in [0.15, 0.2) is 30.3 Å². The number of nitrogens with zero attached hydrogens (tertiary/aromatic N) is 1. The minimum atomic E-state index is -0.558. The zero-order valence-electron chi connectivity index (χ0n) is 14.3. The van der Waals surface area contributed by atoms with Crippen LogP contribution in [0.25, 0.3) is 0 Å². The maximum Gasteiger partial charge on any atom is 0.309 e. The number of rotatable bonds is 7. The Hall–Kier alpha value is -1.92. The van der Waals surface area contributed by atoms with Crippen LogP contribution in [-0.2, 0) is 20.9 Å². The number of nitrogens with one attached hydrogen (secondary N) is 2. The Balaban J connectivity index is 1.65. The van der Waals surface area contributed by atoms with Crippen molar-refractivity contribution >= 4 is 11.8 Å². The normalized spacial score (nSPS) is 15.9. The summed E-state index contributed by atoms with van der Waals surface area (Å²) in [6.07, 6.45) is 2.44. The number of carbonyl (C=O) groups is 2. The van der Waals surface area contributed by atoms with E-state index in [1.165, 1.54) is 5.56 Å². The number of benzene rings is 1. The van der Waals surface area contributed by atoms with E-state index in [0.717, 1.165) is 32.5 Å². The number of hydrogen-bond donors (Lipinski definition) is 2. The molecule has 24 heavy (non-hydrogen) atoms. The van der Waals surface area contributed by atoms with Gasteiger partial charge in [0.05, 0.1) is 0 Å². The van der Waals surface area contributed by atoms with E-state index < -0.39 is 11.8 Å². The molecular formula is C18H27N3O3. The fraction of sp³-hybridized carbons (Fsp3) is 0.556. The van der Waals surface area contributed by atoms with Crippen LogP contribution < -0.4 is 10.6 Å². The molecule has 0 atom stereocenters. The Morgan fingerprint density at radius 2 is 1.88 bits per heavy atom. The lowest BCUT2D eigenvalue weighted by Crippen LogP contribution is -2.49. The second-order valence-electron chi connectivity index (χ2n) is 6.11. The van der Waals surface area contributed by atoms with Gasteiger partial charge in [0.25, 0.3) is 0 Å². The summed E-state index contributed by atoms with van der Waals surface area (Å²) in [5.41, 5.74) is 1.30. The van der Waals surface area contributed by atoms with Crippen LogP contribution in [0.2, 0.25) is 0 Å². The van der Waals surface area contributed by atoms with Crippen molar-refractivity contribution in [3.05, 3.63) is 35.9 Å². The SMILES string of the molecule is COCCCNC(=O)C(=O)NC1CCN(Cc2ccccc2)CC1. The molecule has 2 amide bonds. The van der Waals surface area contributed by atoms with Crippen LogP contribution in [-0.4, -0.2) is 56.1 Å². The molecule has 0 saturated carbocycles. The van der Waals surface area contributed by atoms with E-state index in [1.54, 1.807) is 7.11 Å². The van der Waals surface area contributed by atoms with Crippen molar-refractivity contribution in [2.45, 2.75) is 31.8 Å². The molecule has 132 valence electrons. The molecule has 1 heterocycles. The summed E-state index contributed by atoms with van der Waals surface area (Å²) in [5, 5.41) is 5.44. The van der Waals surface area contributed by atoms with Gasteiger partial charge < -0.3 is 15.4 Å². The molecular weight excluding hydrogens is 306 g/mol. The predicted octanol–water partition coefficient (Wildman–Crippen LogP) is 0.920. The third kappa shape index (κ3) is 6.29. The van der Waals surface area contributed by atoms with Crippen molar-refractivity contribution in [2.24, 2.45) is 0 Å². The Morgan fingerprint density at radius 3 is 2.54 bits per heavy atom. The quantitative estimate of drug-likeness (QED) is 0.575. The molecule has 1 aliphatic heterocycles. The second-order valence-corrected chi connectivity index (χ2v) is 6.11. The third-order valence-corrected chi connectivity index (χ3v) is 4.19. The first kappa shape index (κ1) is 18.4. The average molecular weight is 333 g/mol. The molecule has 0 unspecified atom stereocenters. The Labute approximate surface area is 143 Å². The zero-order chi connectivity index (χ0) is 17.2. The lowest BCUT2D eigenvalue weighted by molar-refractivity contribution is -0.139. The number of ether oxygens (including phenoxy) is 1. The smallest absolute Gasteiger partial charge is 0.309 e. The maximum atomic E-state index is 11.9. The molecule has 0 spiro atoms.